The number of aryl methyl sites for hydroxylation is 1. The van der Waals surface area contributed by atoms with Crippen LogP contribution in [-0.4, -0.2) is 5.11 Å². The van der Waals surface area contributed by atoms with Crippen LogP contribution in [0.4, 0.5) is 0 Å². The molecule has 0 atom stereocenters. The molecule has 0 heterocycles. The smallest absolute Gasteiger partial charge is 0.115 e. The Bertz CT molecular complexity index is 547. The molecule has 2 aromatic carbocycles. The van der Waals surface area contributed by atoms with Crippen molar-refractivity contribution < 1.29 is 5.11 Å². The molecule has 104 valence electrons. The first-order chi connectivity index (χ1) is 9.56. The van der Waals surface area contributed by atoms with Gasteiger partial charge >= 0.3 is 0 Å². The van der Waals surface area contributed by atoms with Gasteiger partial charge in [-0.15, -0.1) is 0 Å². The molecule has 0 unspecified atom stereocenters. The Labute approximate surface area is 121 Å². The summed E-state index contributed by atoms with van der Waals surface area (Å²) in [5.41, 5.74) is 4.65. The van der Waals surface area contributed by atoms with Crippen LogP contribution in [0.25, 0.3) is 11.6 Å². The van der Waals surface area contributed by atoms with E-state index in [1.165, 1.54) is 11.1 Å². The molecule has 1 N–H and O–H groups in total. The first-order valence-electron chi connectivity index (χ1n) is 6.73. The molecular weight excluding hydrogens is 244 g/mol. The van der Waals surface area contributed by atoms with Crippen LogP contribution in [0, 0.1) is 0 Å². The van der Waals surface area contributed by atoms with E-state index in [0.717, 1.165) is 17.6 Å². The van der Waals surface area contributed by atoms with Crippen LogP contribution in [0.3, 0.4) is 0 Å². The molecule has 0 radical (unpaired) electrons. The molecule has 1 heteroatoms. The average molecular weight is 266 g/mol. The lowest BCUT2D eigenvalue weighted by Crippen LogP contribution is -1.78. The van der Waals surface area contributed by atoms with Gasteiger partial charge < -0.3 is 5.11 Å². The van der Waals surface area contributed by atoms with Crippen molar-refractivity contribution in [2.45, 2.75) is 20.3 Å². The Morgan fingerprint density at radius 1 is 1.05 bits per heavy atom. The molecule has 0 amide bonds. The maximum atomic E-state index is 8.91. The second-order valence-electron chi connectivity index (χ2n) is 4.63. The Hall–Kier alpha value is -2.28. The number of allylic oxidation sites excluding steroid dienone is 1. The number of hydrogen-bond donors (Lipinski definition) is 1. The largest absolute Gasteiger partial charge is 0.508 e. The van der Waals surface area contributed by atoms with Gasteiger partial charge in [0, 0.05) is 0 Å². The van der Waals surface area contributed by atoms with Crippen LogP contribution in [0.2, 0.25) is 0 Å². The molecule has 0 bridgehead atoms. The van der Waals surface area contributed by atoms with E-state index in [1.54, 1.807) is 12.1 Å². The zero-order chi connectivity index (χ0) is 15.0. The average Bonchev–Trinajstić information content (AvgIpc) is 2.48. The minimum absolute atomic E-state index is 0.296. The summed E-state index contributed by atoms with van der Waals surface area (Å²) in [5, 5.41) is 8.91. The summed E-state index contributed by atoms with van der Waals surface area (Å²) in [6.07, 6.45) is 2.97. The van der Waals surface area contributed by atoms with Crippen LogP contribution in [0.15, 0.2) is 61.7 Å². The highest BCUT2D eigenvalue weighted by Crippen LogP contribution is 2.15. The van der Waals surface area contributed by atoms with E-state index in [0.29, 0.717) is 5.75 Å². The van der Waals surface area contributed by atoms with Crippen LogP contribution in [-0.2, 0) is 6.42 Å². The van der Waals surface area contributed by atoms with Crippen molar-refractivity contribution in [1.82, 2.24) is 0 Å². The number of phenolic OH excluding ortho intramolecular Hbond substituents is 1. The van der Waals surface area contributed by atoms with E-state index < -0.39 is 0 Å². The van der Waals surface area contributed by atoms with Crippen LogP contribution in [0.1, 0.15) is 30.5 Å². The van der Waals surface area contributed by atoms with E-state index in [-0.39, 0.29) is 0 Å². The summed E-state index contributed by atoms with van der Waals surface area (Å²) in [4.78, 5) is 0. The Morgan fingerprint density at radius 3 is 2.00 bits per heavy atom. The summed E-state index contributed by atoms with van der Waals surface area (Å²) in [6.45, 7) is 11.6. The van der Waals surface area contributed by atoms with Crippen molar-refractivity contribution in [3.05, 3.63) is 78.4 Å². The molecule has 0 fully saturated rings. The fraction of sp³-hybridized carbons (Fsp3) is 0.158. The van der Waals surface area contributed by atoms with Gasteiger partial charge in [-0.3, -0.25) is 0 Å². The van der Waals surface area contributed by atoms with Gasteiger partial charge in [0.2, 0.25) is 0 Å². The van der Waals surface area contributed by atoms with Crippen molar-refractivity contribution in [3.63, 3.8) is 0 Å². The fourth-order valence-corrected chi connectivity index (χ4v) is 1.64. The molecule has 0 aliphatic heterocycles. The molecule has 0 aliphatic rings. The van der Waals surface area contributed by atoms with E-state index in [1.807, 2.05) is 25.1 Å². The normalized spacial score (nSPS) is 9.30. The molecule has 0 saturated carbocycles. The first kappa shape index (κ1) is 15.8. The van der Waals surface area contributed by atoms with Gasteiger partial charge in [0.25, 0.3) is 0 Å². The second kappa shape index (κ2) is 8.00. The molecule has 0 spiro atoms. The van der Waals surface area contributed by atoms with Crippen LogP contribution in [0.5, 0.6) is 5.75 Å². The minimum atomic E-state index is 0.296. The van der Waals surface area contributed by atoms with E-state index in [9.17, 15) is 0 Å². The monoisotopic (exact) mass is 266 g/mol. The minimum Gasteiger partial charge on any atom is -0.508 e. The first-order valence-corrected chi connectivity index (χ1v) is 6.73. The zero-order valence-electron chi connectivity index (χ0n) is 12.3. The molecule has 0 aliphatic carbocycles. The Morgan fingerprint density at radius 2 is 1.60 bits per heavy atom. The summed E-state index contributed by atoms with van der Waals surface area (Å²) in [7, 11) is 0. The number of aromatic hydroxyl groups is 1. The van der Waals surface area contributed by atoms with Gasteiger partial charge in [0.15, 0.2) is 0 Å². The second-order valence-corrected chi connectivity index (χ2v) is 4.63. The van der Waals surface area contributed by atoms with Gasteiger partial charge in [-0.2, -0.15) is 0 Å². The van der Waals surface area contributed by atoms with Crippen molar-refractivity contribution in [1.29, 1.82) is 0 Å². The predicted octanol–water partition coefficient (Wildman–Crippen LogP) is 5.32. The van der Waals surface area contributed by atoms with Gasteiger partial charge in [0.1, 0.15) is 5.75 Å². The molecule has 2 aromatic rings. The lowest BCUT2D eigenvalue weighted by atomic mass is 10.1. The maximum Gasteiger partial charge on any atom is 0.115 e. The van der Waals surface area contributed by atoms with E-state index in [2.05, 4.69) is 44.3 Å². The summed E-state index contributed by atoms with van der Waals surface area (Å²) >= 11 is 0. The highest BCUT2D eigenvalue weighted by molar-refractivity contribution is 5.61. The van der Waals surface area contributed by atoms with Gasteiger partial charge in [0.05, 0.1) is 0 Å². The third kappa shape index (κ3) is 5.15. The lowest BCUT2D eigenvalue weighted by molar-refractivity contribution is 0.475. The standard InChI is InChI=1S/C10H12.C9H10O/c1-3-9-5-7-10(4-2)8-6-9;1-7(2)8-3-5-9(10)6-4-8/h3,5-8H,1,4H2,2H3;3-6,10H,1H2,2H3. The fourth-order valence-electron chi connectivity index (χ4n) is 1.64. The van der Waals surface area contributed by atoms with Gasteiger partial charge in [-0.1, -0.05) is 68.1 Å². The van der Waals surface area contributed by atoms with Crippen molar-refractivity contribution in [3.8, 4) is 5.75 Å². The molecular formula is C19H22O. The lowest BCUT2D eigenvalue weighted by Gasteiger charge is -1.97. The number of rotatable bonds is 3. The number of benzene rings is 2. The van der Waals surface area contributed by atoms with Gasteiger partial charge in [-0.05, 0) is 42.2 Å². The SMILES string of the molecule is C=C(C)c1ccc(O)cc1.C=Cc1ccc(CC)cc1. The number of hydrogen-bond acceptors (Lipinski definition) is 1. The Kier molecular flexibility index (Phi) is 6.31. The van der Waals surface area contributed by atoms with Crippen molar-refractivity contribution >= 4 is 11.6 Å². The summed E-state index contributed by atoms with van der Waals surface area (Å²) in [6, 6.07) is 15.5. The molecule has 20 heavy (non-hydrogen) atoms. The van der Waals surface area contributed by atoms with Crippen LogP contribution >= 0.6 is 0 Å². The van der Waals surface area contributed by atoms with Gasteiger partial charge in [-0.25, -0.2) is 0 Å². The molecule has 0 aromatic heterocycles. The van der Waals surface area contributed by atoms with E-state index >= 15 is 0 Å². The van der Waals surface area contributed by atoms with Crippen molar-refractivity contribution in [2.24, 2.45) is 0 Å². The third-order valence-corrected chi connectivity index (χ3v) is 2.98. The maximum absolute atomic E-state index is 8.91. The highest BCUT2D eigenvalue weighted by atomic mass is 16.3. The molecule has 2 rings (SSSR count). The predicted molar refractivity (Wildman–Crippen MR) is 88.7 cm³/mol. The quantitative estimate of drug-likeness (QED) is 0.797. The summed E-state index contributed by atoms with van der Waals surface area (Å²) in [5.74, 6) is 0.296. The topological polar surface area (TPSA) is 20.2 Å². The third-order valence-electron chi connectivity index (χ3n) is 2.98. The zero-order valence-corrected chi connectivity index (χ0v) is 12.3. The van der Waals surface area contributed by atoms with E-state index in [4.69, 9.17) is 5.11 Å². The van der Waals surface area contributed by atoms with Crippen LogP contribution < -0.4 is 0 Å². The summed E-state index contributed by atoms with van der Waals surface area (Å²) < 4.78 is 0. The molecule has 0 saturated heterocycles. The highest BCUT2D eigenvalue weighted by Gasteiger charge is 1.91. The number of phenols is 1. The molecule has 1 nitrogen and oxygen atoms in total. The Balaban J connectivity index is 0.000000200. The van der Waals surface area contributed by atoms with Crippen molar-refractivity contribution in [2.75, 3.05) is 0 Å².